The van der Waals surface area contributed by atoms with Crippen LogP contribution in [0.3, 0.4) is 0 Å². The lowest BCUT2D eigenvalue weighted by Crippen LogP contribution is -1.80. The van der Waals surface area contributed by atoms with Crippen molar-refractivity contribution < 1.29 is 4.74 Å². The first-order chi connectivity index (χ1) is 7.20. The smallest absolute Gasteiger partial charge is 0.273 e. The van der Waals surface area contributed by atoms with E-state index in [1.807, 2.05) is 31.2 Å². The highest BCUT2D eigenvalue weighted by Crippen LogP contribution is 2.34. The molecule has 0 unspecified atom stereocenters. The number of halogens is 1. The summed E-state index contributed by atoms with van der Waals surface area (Å²) in [6, 6.07) is 7.75. The second-order valence-corrected chi connectivity index (χ2v) is 4.51. The third-order valence-corrected chi connectivity index (χ3v) is 3.44. The van der Waals surface area contributed by atoms with Crippen LogP contribution in [0.5, 0.6) is 5.19 Å². The summed E-state index contributed by atoms with van der Waals surface area (Å²) in [5.74, 6) is 0. The Balaban J connectivity index is 2.48. The molecule has 0 aliphatic rings. The quantitative estimate of drug-likeness (QED) is 0.796. The predicted octanol–water partition coefficient (Wildman–Crippen LogP) is 3.78. The lowest BCUT2D eigenvalue weighted by atomic mass is 10.2. The molecule has 78 valence electrons. The second kappa shape index (κ2) is 4.21. The predicted molar refractivity (Wildman–Crippen MR) is 63.8 cm³/mol. The van der Waals surface area contributed by atoms with E-state index in [1.165, 1.54) is 11.3 Å². The second-order valence-electron chi connectivity index (χ2n) is 3.11. The van der Waals surface area contributed by atoms with Crippen LogP contribution in [0.25, 0.3) is 10.4 Å². The highest BCUT2D eigenvalue weighted by molar-refractivity contribution is 7.17. The molecule has 2 rings (SSSR count). The van der Waals surface area contributed by atoms with Crippen LogP contribution in [0.15, 0.2) is 24.3 Å². The Bertz CT molecular complexity index is 481. The van der Waals surface area contributed by atoms with Gasteiger partial charge >= 0.3 is 0 Å². The van der Waals surface area contributed by atoms with Gasteiger partial charge in [0.2, 0.25) is 0 Å². The van der Waals surface area contributed by atoms with Crippen molar-refractivity contribution >= 4 is 22.9 Å². The van der Waals surface area contributed by atoms with E-state index in [1.54, 1.807) is 7.11 Å². The summed E-state index contributed by atoms with van der Waals surface area (Å²) in [6.45, 7) is 1.97. The van der Waals surface area contributed by atoms with Crippen LogP contribution in [0.1, 0.15) is 5.69 Å². The SMILES string of the molecule is COc1nc(C)c(-c2cccc(Cl)c2)s1. The fraction of sp³-hybridized carbons (Fsp3) is 0.182. The first kappa shape index (κ1) is 10.5. The molecule has 0 fully saturated rings. The average molecular weight is 240 g/mol. The molecule has 0 aliphatic carbocycles. The maximum atomic E-state index is 5.94. The van der Waals surface area contributed by atoms with Gasteiger partial charge in [-0.25, -0.2) is 4.98 Å². The molecule has 0 amide bonds. The largest absolute Gasteiger partial charge is 0.473 e. The summed E-state index contributed by atoms with van der Waals surface area (Å²) >= 11 is 7.47. The highest BCUT2D eigenvalue weighted by atomic mass is 35.5. The van der Waals surface area contributed by atoms with Gasteiger partial charge in [-0.1, -0.05) is 35.1 Å². The Hall–Kier alpha value is -1.06. The van der Waals surface area contributed by atoms with Crippen molar-refractivity contribution in [2.24, 2.45) is 0 Å². The van der Waals surface area contributed by atoms with Gasteiger partial charge in [0.1, 0.15) is 0 Å². The van der Waals surface area contributed by atoms with Gasteiger partial charge in [0.05, 0.1) is 17.7 Å². The number of aryl methyl sites for hydroxylation is 1. The van der Waals surface area contributed by atoms with E-state index < -0.39 is 0 Å². The minimum Gasteiger partial charge on any atom is -0.473 e. The van der Waals surface area contributed by atoms with Crippen LogP contribution in [0.4, 0.5) is 0 Å². The maximum Gasteiger partial charge on any atom is 0.273 e. The Labute approximate surface area is 97.5 Å². The molecule has 4 heteroatoms. The first-order valence-corrected chi connectivity index (χ1v) is 5.67. The van der Waals surface area contributed by atoms with Crippen LogP contribution in [-0.4, -0.2) is 12.1 Å². The highest BCUT2D eigenvalue weighted by Gasteiger charge is 2.09. The molecule has 1 aromatic carbocycles. The average Bonchev–Trinajstić information content (AvgIpc) is 2.60. The molecule has 2 aromatic rings. The Morgan fingerprint density at radius 3 is 2.80 bits per heavy atom. The van der Waals surface area contributed by atoms with Crippen LogP contribution in [0, 0.1) is 6.92 Å². The summed E-state index contributed by atoms with van der Waals surface area (Å²) in [7, 11) is 1.63. The topological polar surface area (TPSA) is 22.1 Å². The molecular weight excluding hydrogens is 230 g/mol. The number of hydrogen-bond donors (Lipinski definition) is 0. The van der Waals surface area contributed by atoms with Crippen molar-refractivity contribution in [3.05, 3.63) is 35.0 Å². The van der Waals surface area contributed by atoms with Crippen LogP contribution >= 0.6 is 22.9 Å². The fourth-order valence-corrected chi connectivity index (χ4v) is 2.43. The summed E-state index contributed by atoms with van der Waals surface area (Å²) in [4.78, 5) is 5.39. The molecule has 0 aliphatic heterocycles. The van der Waals surface area contributed by atoms with E-state index in [9.17, 15) is 0 Å². The minimum absolute atomic E-state index is 0.683. The third-order valence-electron chi connectivity index (χ3n) is 2.04. The number of benzene rings is 1. The molecule has 0 spiro atoms. The molecule has 2 nitrogen and oxygen atoms in total. The van der Waals surface area contributed by atoms with Gasteiger partial charge in [-0.15, -0.1) is 0 Å². The number of aromatic nitrogens is 1. The van der Waals surface area contributed by atoms with Crippen LogP contribution in [-0.2, 0) is 0 Å². The molecule has 1 heterocycles. The molecule has 0 radical (unpaired) electrons. The van der Waals surface area contributed by atoms with E-state index in [-0.39, 0.29) is 0 Å². The Morgan fingerprint density at radius 2 is 2.20 bits per heavy atom. The molecule has 0 saturated heterocycles. The first-order valence-electron chi connectivity index (χ1n) is 4.48. The lowest BCUT2D eigenvalue weighted by molar-refractivity contribution is 0.411. The Kier molecular flexibility index (Phi) is 2.93. The number of methoxy groups -OCH3 is 1. The van der Waals surface area contributed by atoms with E-state index in [0.29, 0.717) is 5.19 Å². The zero-order chi connectivity index (χ0) is 10.8. The van der Waals surface area contributed by atoms with E-state index >= 15 is 0 Å². The van der Waals surface area contributed by atoms with Crippen molar-refractivity contribution in [2.75, 3.05) is 7.11 Å². The number of nitrogens with zero attached hydrogens (tertiary/aromatic N) is 1. The maximum absolute atomic E-state index is 5.94. The summed E-state index contributed by atoms with van der Waals surface area (Å²) in [5.41, 5.74) is 2.06. The molecular formula is C11H10ClNOS. The number of thiazole rings is 1. The number of hydrogen-bond acceptors (Lipinski definition) is 3. The van der Waals surface area contributed by atoms with Crippen LogP contribution in [0.2, 0.25) is 5.02 Å². The van der Waals surface area contributed by atoms with E-state index in [4.69, 9.17) is 16.3 Å². The molecule has 0 N–H and O–H groups in total. The number of ether oxygens (including phenoxy) is 1. The summed E-state index contributed by atoms with van der Waals surface area (Å²) in [5, 5.41) is 1.42. The molecule has 1 aromatic heterocycles. The third kappa shape index (κ3) is 2.13. The zero-order valence-electron chi connectivity index (χ0n) is 8.45. The van der Waals surface area contributed by atoms with E-state index in [2.05, 4.69) is 4.98 Å². The fourth-order valence-electron chi connectivity index (χ4n) is 1.36. The standard InChI is InChI=1S/C11H10ClNOS/c1-7-10(15-11(13-7)14-2)8-4-3-5-9(12)6-8/h3-6H,1-2H3. The minimum atomic E-state index is 0.683. The summed E-state index contributed by atoms with van der Waals surface area (Å²) < 4.78 is 5.10. The molecule has 0 bridgehead atoms. The van der Waals surface area contributed by atoms with Gasteiger partial charge in [0.15, 0.2) is 0 Å². The van der Waals surface area contributed by atoms with Gasteiger partial charge in [-0.3, -0.25) is 0 Å². The Morgan fingerprint density at radius 1 is 1.40 bits per heavy atom. The van der Waals surface area contributed by atoms with Gasteiger partial charge in [0, 0.05) is 5.02 Å². The molecule has 0 saturated carbocycles. The van der Waals surface area contributed by atoms with Gasteiger partial charge in [-0.05, 0) is 24.6 Å². The number of rotatable bonds is 2. The normalized spacial score (nSPS) is 10.3. The van der Waals surface area contributed by atoms with Gasteiger partial charge in [-0.2, -0.15) is 0 Å². The van der Waals surface area contributed by atoms with E-state index in [0.717, 1.165) is 21.2 Å². The van der Waals surface area contributed by atoms with Gasteiger partial charge < -0.3 is 4.74 Å². The molecule has 0 atom stereocenters. The van der Waals surface area contributed by atoms with Crippen molar-refractivity contribution in [1.82, 2.24) is 4.98 Å². The van der Waals surface area contributed by atoms with Crippen molar-refractivity contribution in [1.29, 1.82) is 0 Å². The van der Waals surface area contributed by atoms with Crippen LogP contribution < -0.4 is 4.74 Å². The van der Waals surface area contributed by atoms with Crippen molar-refractivity contribution in [3.8, 4) is 15.6 Å². The van der Waals surface area contributed by atoms with Crippen molar-refractivity contribution in [3.63, 3.8) is 0 Å². The van der Waals surface area contributed by atoms with Crippen molar-refractivity contribution in [2.45, 2.75) is 6.92 Å². The molecule has 15 heavy (non-hydrogen) atoms. The lowest BCUT2D eigenvalue weighted by Gasteiger charge is -1.98. The zero-order valence-corrected chi connectivity index (χ0v) is 10.0. The van der Waals surface area contributed by atoms with Gasteiger partial charge in [0.25, 0.3) is 5.19 Å². The monoisotopic (exact) mass is 239 g/mol. The summed E-state index contributed by atoms with van der Waals surface area (Å²) in [6.07, 6.45) is 0.